The third kappa shape index (κ3) is 3.09. The molecule has 5 nitrogen and oxygen atoms in total. The van der Waals surface area contributed by atoms with Crippen molar-refractivity contribution in [2.75, 3.05) is 0 Å². The molecule has 0 fully saturated rings. The Balaban J connectivity index is 2.59. The molecule has 0 saturated heterocycles. The van der Waals surface area contributed by atoms with Gasteiger partial charge in [0.15, 0.2) is 0 Å². The van der Waals surface area contributed by atoms with Crippen molar-refractivity contribution < 1.29 is 27.2 Å². The van der Waals surface area contributed by atoms with Crippen LogP contribution in [0.2, 0.25) is 0 Å². The number of halogens is 3. The van der Waals surface area contributed by atoms with E-state index >= 15 is 0 Å². The van der Waals surface area contributed by atoms with E-state index in [0.29, 0.717) is 10.8 Å². The van der Waals surface area contributed by atoms with Crippen molar-refractivity contribution in [2.24, 2.45) is 0 Å². The number of fused-ring (bicyclic) bond motifs is 1. The Bertz CT molecular complexity index is 749. The number of hydrogen-bond donors (Lipinski definition) is 0. The van der Waals surface area contributed by atoms with Crippen LogP contribution in [0, 0.1) is 0 Å². The van der Waals surface area contributed by atoms with Crippen molar-refractivity contribution >= 4 is 17.0 Å². The standard InChI is InChI=1S/C13H12F3NO4/c1-12(2,3)20-11(19)17-9-6-7(13(14,15)16)4-5-8(9)10(18)21-17/h4-6H,1-3H3. The topological polar surface area (TPSA) is 61.4 Å². The minimum Gasteiger partial charge on any atom is -0.441 e. The quantitative estimate of drug-likeness (QED) is 0.748. The van der Waals surface area contributed by atoms with Crippen LogP contribution in [0.5, 0.6) is 0 Å². The van der Waals surface area contributed by atoms with E-state index in [9.17, 15) is 22.8 Å². The zero-order chi connectivity index (χ0) is 16.0. The average Bonchev–Trinajstić information content (AvgIpc) is 2.63. The van der Waals surface area contributed by atoms with Crippen molar-refractivity contribution in [3.8, 4) is 0 Å². The van der Waals surface area contributed by atoms with Crippen molar-refractivity contribution in [3.05, 3.63) is 34.2 Å². The second-order valence-electron chi connectivity index (χ2n) is 5.38. The van der Waals surface area contributed by atoms with Crippen LogP contribution in [0.4, 0.5) is 18.0 Å². The monoisotopic (exact) mass is 303 g/mol. The molecule has 0 N–H and O–H groups in total. The van der Waals surface area contributed by atoms with E-state index in [2.05, 4.69) is 4.52 Å². The van der Waals surface area contributed by atoms with Crippen LogP contribution in [-0.4, -0.2) is 16.4 Å². The Hall–Kier alpha value is -2.25. The summed E-state index contributed by atoms with van der Waals surface area (Å²) in [6.07, 6.45) is -5.66. The van der Waals surface area contributed by atoms with E-state index in [4.69, 9.17) is 4.74 Å². The first kappa shape index (κ1) is 15.1. The summed E-state index contributed by atoms with van der Waals surface area (Å²) >= 11 is 0. The van der Waals surface area contributed by atoms with Gasteiger partial charge in [-0.15, -0.1) is 4.74 Å². The number of carbonyl (C=O) groups excluding carboxylic acids is 1. The fourth-order valence-corrected chi connectivity index (χ4v) is 1.67. The summed E-state index contributed by atoms with van der Waals surface area (Å²) in [7, 11) is 0. The molecule has 0 amide bonds. The van der Waals surface area contributed by atoms with Crippen molar-refractivity contribution in [3.63, 3.8) is 0 Å². The Morgan fingerprint density at radius 3 is 2.38 bits per heavy atom. The number of nitrogens with zero attached hydrogens (tertiary/aromatic N) is 1. The molecule has 114 valence electrons. The van der Waals surface area contributed by atoms with Crippen LogP contribution in [-0.2, 0) is 10.9 Å². The minimum absolute atomic E-state index is 0.131. The van der Waals surface area contributed by atoms with Gasteiger partial charge in [-0.2, -0.15) is 13.2 Å². The van der Waals surface area contributed by atoms with Crippen molar-refractivity contribution in [1.82, 2.24) is 4.74 Å². The predicted molar refractivity (Wildman–Crippen MR) is 67.1 cm³/mol. The van der Waals surface area contributed by atoms with E-state index in [-0.39, 0.29) is 10.9 Å². The number of aromatic nitrogens is 1. The van der Waals surface area contributed by atoms with E-state index < -0.39 is 29.1 Å². The lowest BCUT2D eigenvalue weighted by atomic mass is 10.1. The molecule has 0 aliphatic rings. The number of benzene rings is 1. The second-order valence-corrected chi connectivity index (χ2v) is 5.38. The molecule has 0 radical (unpaired) electrons. The molecule has 2 rings (SSSR count). The van der Waals surface area contributed by atoms with Gasteiger partial charge in [0, 0.05) is 0 Å². The molecular weight excluding hydrogens is 291 g/mol. The van der Waals surface area contributed by atoms with Gasteiger partial charge in [-0.25, -0.2) is 9.59 Å². The second kappa shape index (κ2) is 4.64. The lowest BCUT2D eigenvalue weighted by molar-refractivity contribution is -0.137. The summed E-state index contributed by atoms with van der Waals surface area (Å²) in [5.74, 6) is 0. The Morgan fingerprint density at radius 2 is 1.86 bits per heavy atom. The van der Waals surface area contributed by atoms with Crippen LogP contribution in [0.25, 0.3) is 10.9 Å². The zero-order valence-corrected chi connectivity index (χ0v) is 11.4. The average molecular weight is 303 g/mol. The first-order valence-corrected chi connectivity index (χ1v) is 5.96. The third-order valence-corrected chi connectivity index (χ3v) is 2.50. The first-order valence-electron chi connectivity index (χ1n) is 5.96. The Labute approximate surface area is 116 Å². The predicted octanol–water partition coefficient (Wildman–Crippen LogP) is 3.40. The number of carbonyl (C=O) groups is 1. The van der Waals surface area contributed by atoms with Crippen LogP contribution in [0.1, 0.15) is 26.3 Å². The normalized spacial score (nSPS) is 12.7. The zero-order valence-electron chi connectivity index (χ0n) is 11.4. The van der Waals surface area contributed by atoms with Crippen LogP contribution >= 0.6 is 0 Å². The molecule has 0 unspecified atom stereocenters. The SMILES string of the molecule is CC(C)(C)OC(=O)n1oc(=O)c2ccc(C(F)(F)F)cc21. The van der Waals surface area contributed by atoms with Gasteiger partial charge < -0.3 is 9.26 Å². The Kier molecular flexibility index (Phi) is 3.35. The lowest BCUT2D eigenvalue weighted by Crippen LogP contribution is -2.27. The van der Waals surface area contributed by atoms with Gasteiger partial charge in [0.05, 0.1) is 10.9 Å². The molecule has 1 aromatic heterocycles. The molecule has 0 aliphatic carbocycles. The number of hydrogen-bond acceptors (Lipinski definition) is 4. The number of rotatable bonds is 0. The van der Waals surface area contributed by atoms with E-state index in [0.717, 1.165) is 12.1 Å². The summed E-state index contributed by atoms with van der Waals surface area (Å²) < 4.78 is 48.1. The summed E-state index contributed by atoms with van der Waals surface area (Å²) in [5.41, 5.74) is -3.07. The number of alkyl halides is 3. The Morgan fingerprint density at radius 1 is 1.24 bits per heavy atom. The molecule has 0 atom stereocenters. The minimum atomic E-state index is -4.60. The van der Waals surface area contributed by atoms with Gasteiger partial charge in [-0.1, -0.05) is 0 Å². The molecule has 0 aliphatic heterocycles. The van der Waals surface area contributed by atoms with E-state index in [1.807, 2.05) is 0 Å². The molecule has 0 saturated carbocycles. The fourth-order valence-electron chi connectivity index (χ4n) is 1.67. The van der Waals surface area contributed by atoms with Gasteiger partial charge in [-0.3, -0.25) is 0 Å². The molecule has 1 heterocycles. The van der Waals surface area contributed by atoms with E-state index in [1.165, 1.54) is 0 Å². The smallest absolute Gasteiger partial charge is 0.441 e. The highest BCUT2D eigenvalue weighted by Crippen LogP contribution is 2.31. The van der Waals surface area contributed by atoms with Gasteiger partial charge in [-0.05, 0) is 39.0 Å². The van der Waals surface area contributed by atoms with Gasteiger partial charge in [0.2, 0.25) is 0 Å². The summed E-state index contributed by atoms with van der Waals surface area (Å²) in [5, 5.41) is -0.131. The molecule has 2 aromatic rings. The largest absolute Gasteiger partial charge is 0.448 e. The third-order valence-electron chi connectivity index (χ3n) is 2.50. The molecule has 1 aromatic carbocycles. The summed E-state index contributed by atoms with van der Waals surface area (Å²) in [6.45, 7) is 4.74. The van der Waals surface area contributed by atoms with Crippen LogP contribution in [0.15, 0.2) is 27.5 Å². The van der Waals surface area contributed by atoms with Gasteiger partial charge >= 0.3 is 17.9 Å². The molecule has 0 spiro atoms. The van der Waals surface area contributed by atoms with Gasteiger partial charge in [0.1, 0.15) is 11.1 Å². The molecule has 21 heavy (non-hydrogen) atoms. The highest BCUT2D eigenvalue weighted by Gasteiger charge is 2.32. The van der Waals surface area contributed by atoms with Gasteiger partial charge in [0.25, 0.3) is 0 Å². The lowest BCUT2D eigenvalue weighted by Gasteiger charge is -2.18. The highest BCUT2D eigenvalue weighted by atomic mass is 19.4. The summed E-state index contributed by atoms with van der Waals surface area (Å²) in [4.78, 5) is 23.4. The molecule has 8 heteroatoms. The highest BCUT2D eigenvalue weighted by molar-refractivity contribution is 5.87. The molecular formula is C13H12F3NO4. The fraction of sp³-hybridized carbons (Fsp3) is 0.385. The maximum Gasteiger partial charge on any atom is 0.448 e. The molecule has 0 bridgehead atoms. The maximum atomic E-state index is 12.7. The van der Waals surface area contributed by atoms with E-state index in [1.54, 1.807) is 20.8 Å². The van der Waals surface area contributed by atoms with Crippen LogP contribution in [0.3, 0.4) is 0 Å². The maximum absolute atomic E-state index is 12.7. The van der Waals surface area contributed by atoms with Crippen molar-refractivity contribution in [1.29, 1.82) is 0 Å². The number of ether oxygens (including phenoxy) is 1. The first-order chi connectivity index (χ1) is 9.49. The van der Waals surface area contributed by atoms with Crippen molar-refractivity contribution in [2.45, 2.75) is 32.5 Å². The summed E-state index contributed by atoms with van der Waals surface area (Å²) in [6, 6.07) is 2.38. The van der Waals surface area contributed by atoms with Crippen LogP contribution < -0.4 is 5.63 Å².